The van der Waals surface area contributed by atoms with Crippen molar-refractivity contribution < 1.29 is 4.74 Å². The van der Waals surface area contributed by atoms with E-state index in [1.807, 2.05) is 0 Å². The molecule has 1 aliphatic rings. The number of rotatable bonds is 5. The minimum atomic E-state index is 0.304. The van der Waals surface area contributed by atoms with Gasteiger partial charge in [0.05, 0.1) is 12.6 Å². The van der Waals surface area contributed by atoms with Crippen LogP contribution in [0.25, 0.3) is 0 Å². The van der Waals surface area contributed by atoms with Gasteiger partial charge >= 0.3 is 0 Å². The van der Waals surface area contributed by atoms with E-state index in [9.17, 15) is 0 Å². The van der Waals surface area contributed by atoms with Crippen LogP contribution in [0.3, 0.4) is 0 Å². The van der Waals surface area contributed by atoms with Gasteiger partial charge in [0, 0.05) is 13.2 Å². The van der Waals surface area contributed by atoms with Crippen molar-refractivity contribution in [3.05, 3.63) is 35.9 Å². The van der Waals surface area contributed by atoms with Gasteiger partial charge in [-0.3, -0.25) is 0 Å². The van der Waals surface area contributed by atoms with Crippen LogP contribution in [-0.2, 0) is 4.74 Å². The Morgan fingerprint density at radius 1 is 1.33 bits per heavy atom. The first-order valence-corrected chi connectivity index (χ1v) is 6.93. The second kappa shape index (κ2) is 5.85. The van der Waals surface area contributed by atoms with Crippen LogP contribution in [0.4, 0.5) is 0 Å². The van der Waals surface area contributed by atoms with Gasteiger partial charge in [-0.2, -0.15) is 0 Å². The van der Waals surface area contributed by atoms with Crippen molar-refractivity contribution in [3.63, 3.8) is 0 Å². The molecule has 1 aromatic carbocycles. The van der Waals surface area contributed by atoms with Gasteiger partial charge in [0.1, 0.15) is 0 Å². The Bertz CT molecular complexity index is 361. The summed E-state index contributed by atoms with van der Waals surface area (Å²) in [5, 5.41) is 3.80. The van der Waals surface area contributed by atoms with E-state index in [-0.39, 0.29) is 0 Å². The molecular formula is C16H25NO. The molecule has 0 radical (unpaired) electrons. The lowest BCUT2D eigenvalue weighted by Crippen LogP contribution is -2.41. The van der Waals surface area contributed by atoms with Gasteiger partial charge in [0.25, 0.3) is 0 Å². The van der Waals surface area contributed by atoms with Crippen LogP contribution in [0.5, 0.6) is 0 Å². The third kappa shape index (κ3) is 3.12. The topological polar surface area (TPSA) is 21.3 Å². The maximum Gasteiger partial charge on any atom is 0.0657 e. The fraction of sp³-hybridized carbons (Fsp3) is 0.625. The number of nitrogens with one attached hydrogen (secondary N) is 1. The van der Waals surface area contributed by atoms with E-state index >= 15 is 0 Å². The van der Waals surface area contributed by atoms with E-state index in [1.54, 1.807) is 7.11 Å². The highest BCUT2D eigenvalue weighted by atomic mass is 16.5. The Balaban J connectivity index is 2.07. The maximum absolute atomic E-state index is 5.37. The van der Waals surface area contributed by atoms with E-state index in [1.165, 1.54) is 24.8 Å². The average molecular weight is 247 g/mol. The number of methoxy groups -OCH3 is 1. The molecule has 0 saturated heterocycles. The molecule has 1 aromatic rings. The van der Waals surface area contributed by atoms with Crippen LogP contribution < -0.4 is 5.32 Å². The molecule has 1 N–H and O–H groups in total. The summed E-state index contributed by atoms with van der Waals surface area (Å²) in [6, 6.07) is 11.5. The molecule has 0 aromatic heterocycles. The lowest BCUT2D eigenvalue weighted by molar-refractivity contribution is 0.147. The largest absolute Gasteiger partial charge is 0.383 e. The van der Waals surface area contributed by atoms with Crippen molar-refractivity contribution in [1.82, 2.24) is 5.32 Å². The molecule has 2 rings (SSSR count). The Hall–Kier alpha value is -0.860. The Kier molecular flexibility index (Phi) is 4.41. The minimum absolute atomic E-state index is 0.304. The van der Waals surface area contributed by atoms with E-state index < -0.39 is 0 Å². The van der Waals surface area contributed by atoms with Crippen LogP contribution in [0.2, 0.25) is 0 Å². The first-order valence-electron chi connectivity index (χ1n) is 6.93. The molecule has 18 heavy (non-hydrogen) atoms. The van der Waals surface area contributed by atoms with E-state index in [4.69, 9.17) is 4.74 Å². The number of hydrogen-bond acceptors (Lipinski definition) is 2. The summed E-state index contributed by atoms with van der Waals surface area (Å²) in [7, 11) is 1.78. The van der Waals surface area contributed by atoms with Crippen molar-refractivity contribution in [3.8, 4) is 0 Å². The zero-order chi connectivity index (χ0) is 13.0. The van der Waals surface area contributed by atoms with Crippen LogP contribution in [-0.4, -0.2) is 19.8 Å². The van der Waals surface area contributed by atoms with Crippen molar-refractivity contribution in [1.29, 1.82) is 0 Å². The van der Waals surface area contributed by atoms with Crippen LogP contribution in [0, 0.1) is 5.41 Å². The zero-order valence-corrected chi connectivity index (χ0v) is 11.8. The fourth-order valence-corrected chi connectivity index (χ4v) is 2.97. The molecule has 2 atom stereocenters. The van der Waals surface area contributed by atoms with Crippen LogP contribution in [0.1, 0.15) is 44.7 Å². The molecule has 1 fully saturated rings. The highest BCUT2D eigenvalue weighted by Gasteiger charge is 2.35. The molecule has 1 saturated carbocycles. The fourth-order valence-electron chi connectivity index (χ4n) is 2.97. The third-order valence-electron chi connectivity index (χ3n) is 4.19. The van der Waals surface area contributed by atoms with E-state index in [0.29, 0.717) is 17.5 Å². The van der Waals surface area contributed by atoms with Gasteiger partial charge in [0.15, 0.2) is 0 Å². The standard InChI is InChI=1S/C16H25NO/c1-16(2)11-7-10-15(16)17-14(12-18-3)13-8-5-4-6-9-13/h4-6,8-9,14-15,17H,7,10-12H2,1-3H3. The highest BCUT2D eigenvalue weighted by Crippen LogP contribution is 2.38. The van der Waals surface area contributed by atoms with Crippen molar-refractivity contribution in [2.24, 2.45) is 5.41 Å². The lowest BCUT2D eigenvalue weighted by Gasteiger charge is -2.32. The molecular weight excluding hydrogens is 222 g/mol. The molecule has 0 heterocycles. The Labute approximate surface area is 111 Å². The molecule has 2 heteroatoms. The van der Waals surface area contributed by atoms with E-state index in [2.05, 4.69) is 49.5 Å². The van der Waals surface area contributed by atoms with Crippen molar-refractivity contribution in [2.45, 2.75) is 45.2 Å². The molecule has 1 aliphatic carbocycles. The summed E-state index contributed by atoms with van der Waals surface area (Å²) >= 11 is 0. The summed E-state index contributed by atoms with van der Waals surface area (Å²) < 4.78 is 5.37. The molecule has 0 bridgehead atoms. The monoisotopic (exact) mass is 247 g/mol. The molecule has 2 nitrogen and oxygen atoms in total. The van der Waals surface area contributed by atoms with Gasteiger partial charge in [-0.25, -0.2) is 0 Å². The minimum Gasteiger partial charge on any atom is -0.383 e. The predicted molar refractivity (Wildman–Crippen MR) is 75.6 cm³/mol. The number of ether oxygens (including phenoxy) is 1. The Morgan fingerprint density at radius 3 is 2.61 bits per heavy atom. The summed E-state index contributed by atoms with van der Waals surface area (Å²) in [6.07, 6.45) is 3.93. The lowest BCUT2D eigenvalue weighted by atomic mass is 9.86. The first kappa shape index (κ1) is 13.6. The Morgan fingerprint density at radius 2 is 2.06 bits per heavy atom. The summed E-state index contributed by atoms with van der Waals surface area (Å²) in [5.74, 6) is 0. The second-order valence-electron chi connectivity index (χ2n) is 6.02. The van der Waals surface area contributed by atoms with Gasteiger partial charge in [-0.15, -0.1) is 0 Å². The molecule has 2 unspecified atom stereocenters. The number of benzene rings is 1. The SMILES string of the molecule is COCC(NC1CCCC1(C)C)c1ccccc1. The first-order chi connectivity index (χ1) is 8.63. The van der Waals surface area contributed by atoms with Gasteiger partial charge in [0.2, 0.25) is 0 Å². The maximum atomic E-state index is 5.37. The van der Waals surface area contributed by atoms with Crippen LogP contribution >= 0.6 is 0 Å². The van der Waals surface area contributed by atoms with Crippen LogP contribution in [0.15, 0.2) is 30.3 Å². The number of hydrogen-bond donors (Lipinski definition) is 1. The zero-order valence-electron chi connectivity index (χ0n) is 11.8. The third-order valence-corrected chi connectivity index (χ3v) is 4.19. The van der Waals surface area contributed by atoms with Crippen molar-refractivity contribution in [2.75, 3.05) is 13.7 Å². The second-order valence-corrected chi connectivity index (χ2v) is 6.02. The molecule has 0 aliphatic heterocycles. The average Bonchev–Trinajstić information content (AvgIpc) is 2.69. The van der Waals surface area contributed by atoms with Crippen molar-refractivity contribution >= 4 is 0 Å². The highest BCUT2D eigenvalue weighted by molar-refractivity contribution is 5.19. The normalized spacial score (nSPS) is 24.1. The smallest absolute Gasteiger partial charge is 0.0657 e. The molecule has 100 valence electrons. The molecule has 0 amide bonds. The summed E-state index contributed by atoms with van der Waals surface area (Å²) in [6.45, 7) is 5.47. The van der Waals surface area contributed by atoms with Gasteiger partial charge in [-0.1, -0.05) is 50.6 Å². The summed E-state index contributed by atoms with van der Waals surface area (Å²) in [5.41, 5.74) is 1.72. The van der Waals surface area contributed by atoms with E-state index in [0.717, 1.165) is 6.61 Å². The predicted octanol–water partition coefficient (Wildman–Crippen LogP) is 3.54. The molecule has 0 spiro atoms. The summed E-state index contributed by atoms with van der Waals surface area (Å²) in [4.78, 5) is 0. The quantitative estimate of drug-likeness (QED) is 0.859. The van der Waals surface area contributed by atoms with Gasteiger partial charge in [-0.05, 0) is 23.8 Å². The van der Waals surface area contributed by atoms with Gasteiger partial charge < -0.3 is 10.1 Å².